The molecule has 0 saturated carbocycles. The number of aryl methyl sites for hydroxylation is 1. The number of fused-ring (bicyclic) bond motifs is 2. The lowest BCUT2D eigenvalue weighted by Gasteiger charge is -2.29. The highest BCUT2D eigenvalue weighted by Crippen LogP contribution is 2.35. The number of rotatable bonds is 1. The lowest BCUT2D eigenvalue weighted by Crippen LogP contribution is -2.28. The summed E-state index contributed by atoms with van der Waals surface area (Å²) in [5, 5.41) is 4.58. The Labute approximate surface area is 149 Å². The van der Waals surface area contributed by atoms with Crippen LogP contribution in [-0.4, -0.2) is 20.4 Å². The number of aromatic nitrogens is 3. The highest BCUT2D eigenvalue weighted by atomic mass is 79.9. The van der Waals surface area contributed by atoms with Crippen molar-refractivity contribution in [3.05, 3.63) is 51.9 Å². The van der Waals surface area contributed by atoms with E-state index in [2.05, 4.69) is 47.0 Å². The molecule has 0 spiro atoms. The molecule has 5 heteroatoms. The number of Topliss-reactive ketones (excluding diaryl/α,β-unsaturated/α-hetero) is 1. The van der Waals surface area contributed by atoms with Gasteiger partial charge in [0.15, 0.2) is 11.4 Å². The molecular weight excluding hydrogens is 366 g/mol. The highest BCUT2D eigenvalue weighted by molar-refractivity contribution is 9.10. The number of hydrogen-bond acceptors (Lipinski definition) is 3. The molecule has 0 N–H and O–H groups in total. The summed E-state index contributed by atoms with van der Waals surface area (Å²) in [5.74, 6) is 0.161. The average molecular weight is 384 g/mol. The fourth-order valence-corrected chi connectivity index (χ4v) is 3.75. The quantitative estimate of drug-likeness (QED) is 0.615. The Balaban J connectivity index is 1.95. The predicted molar refractivity (Wildman–Crippen MR) is 97.3 cm³/mol. The van der Waals surface area contributed by atoms with E-state index in [1.165, 1.54) is 0 Å². The zero-order valence-electron chi connectivity index (χ0n) is 13.9. The molecule has 122 valence electrons. The lowest BCUT2D eigenvalue weighted by atomic mass is 9.76. The van der Waals surface area contributed by atoms with Gasteiger partial charge in [-0.05, 0) is 36.5 Å². The van der Waals surface area contributed by atoms with Gasteiger partial charge < -0.3 is 0 Å². The maximum Gasteiger partial charge on any atom is 0.166 e. The van der Waals surface area contributed by atoms with Gasteiger partial charge in [0.2, 0.25) is 0 Å². The van der Waals surface area contributed by atoms with Crippen LogP contribution in [0, 0.1) is 12.3 Å². The van der Waals surface area contributed by atoms with E-state index in [0.29, 0.717) is 12.0 Å². The topological polar surface area (TPSA) is 47.3 Å². The first-order valence-corrected chi connectivity index (χ1v) is 8.81. The van der Waals surface area contributed by atoms with E-state index in [-0.39, 0.29) is 11.2 Å². The zero-order valence-corrected chi connectivity index (χ0v) is 15.5. The highest BCUT2D eigenvalue weighted by Gasteiger charge is 2.33. The molecule has 0 unspecified atom stereocenters. The molecule has 0 bridgehead atoms. The van der Waals surface area contributed by atoms with Gasteiger partial charge in [0.25, 0.3) is 0 Å². The third kappa shape index (κ3) is 2.47. The minimum atomic E-state index is -0.0394. The molecular formula is C19H18BrN3O. The predicted octanol–water partition coefficient (Wildman–Crippen LogP) is 4.62. The minimum absolute atomic E-state index is 0.0394. The van der Waals surface area contributed by atoms with Gasteiger partial charge in [0, 0.05) is 22.7 Å². The van der Waals surface area contributed by atoms with Gasteiger partial charge >= 0.3 is 0 Å². The van der Waals surface area contributed by atoms with Gasteiger partial charge in [-0.1, -0.05) is 41.9 Å². The number of nitrogens with zero attached hydrogens (tertiary/aromatic N) is 3. The Morgan fingerprint density at radius 2 is 1.88 bits per heavy atom. The number of halogens is 1. The van der Waals surface area contributed by atoms with E-state index in [0.717, 1.165) is 39.1 Å². The summed E-state index contributed by atoms with van der Waals surface area (Å²) in [6.45, 7) is 6.23. The summed E-state index contributed by atoms with van der Waals surface area (Å²) in [5.41, 5.74) is 5.41. The van der Waals surface area contributed by atoms with E-state index in [4.69, 9.17) is 4.98 Å². The molecule has 0 saturated heterocycles. The molecule has 0 radical (unpaired) electrons. The van der Waals surface area contributed by atoms with E-state index in [1.54, 1.807) is 4.52 Å². The smallest absolute Gasteiger partial charge is 0.166 e. The Morgan fingerprint density at radius 3 is 2.58 bits per heavy atom. The van der Waals surface area contributed by atoms with Gasteiger partial charge in [0.1, 0.15) is 0 Å². The molecule has 2 heterocycles. The van der Waals surface area contributed by atoms with Crippen molar-refractivity contribution in [2.24, 2.45) is 5.41 Å². The second-order valence-corrected chi connectivity index (χ2v) is 8.19. The zero-order chi connectivity index (χ0) is 17.1. The van der Waals surface area contributed by atoms with Crippen LogP contribution in [0.3, 0.4) is 0 Å². The van der Waals surface area contributed by atoms with Gasteiger partial charge in [-0.15, -0.1) is 0 Å². The van der Waals surface area contributed by atoms with Gasteiger partial charge in [-0.3, -0.25) is 4.79 Å². The molecule has 0 fully saturated rings. The third-order valence-electron chi connectivity index (χ3n) is 4.58. The van der Waals surface area contributed by atoms with Crippen LogP contribution in [0.25, 0.3) is 16.8 Å². The van der Waals surface area contributed by atoms with Crippen LogP contribution < -0.4 is 0 Å². The van der Waals surface area contributed by atoms with Crippen molar-refractivity contribution in [1.29, 1.82) is 0 Å². The molecule has 1 aliphatic rings. The maximum absolute atomic E-state index is 12.5. The van der Waals surface area contributed by atoms with Crippen molar-refractivity contribution in [2.75, 3.05) is 0 Å². The Bertz CT molecular complexity index is 970. The second-order valence-electron chi connectivity index (χ2n) is 7.28. The summed E-state index contributed by atoms with van der Waals surface area (Å²) in [6.07, 6.45) is 3.23. The van der Waals surface area contributed by atoms with Gasteiger partial charge in [-0.2, -0.15) is 5.10 Å². The first-order valence-electron chi connectivity index (χ1n) is 8.02. The Kier molecular flexibility index (Phi) is 3.39. The van der Waals surface area contributed by atoms with Gasteiger partial charge in [-0.25, -0.2) is 9.50 Å². The Morgan fingerprint density at radius 1 is 1.17 bits per heavy atom. The van der Waals surface area contributed by atoms with Crippen LogP contribution in [0.2, 0.25) is 0 Å². The second kappa shape index (κ2) is 5.24. The lowest BCUT2D eigenvalue weighted by molar-refractivity contribution is 0.0909. The number of benzene rings is 1. The van der Waals surface area contributed by atoms with E-state index in [9.17, 15) is 4.79 Å². The Hall–Kier alpha value is -2.01. The van der Waals surface area contributed by atoms with Crippen molar-refractivity contribution in [3.63, 3.8) is 0 Å². The van der Waals surface area contributed by atoms with Crippen molar-refractivity contribution in [3.8, 4) is 11.1 Å². The number of carbonyl (C=O) groups excluding carboxylic acids is 1. The van der Waals surface area contributed by atoms with Crippen LogP contribution >= 0.6 is 15.9 Å². The van der Waals surface area contributed by atoms with Crippen LogP contribution in [0.4, 0.5) is 0 Å². The molecule has 0 amide bonds. The summed E-state index contributed by atoms with van der Waals surface area (Å²) < 4.78 is 2.79. The van der Waals surface area contributed by atoms with Gasteiger partial charge in [0.05, 0.1) is 17.0 Å². The van der Waals surface area contributed by atoms with Crippen molar-refractivity contribution < 1.29 is 4.79 Å². The molecule has 0 aliphatic heterocycles. The fraction of sp³-hybridized carbons (Fsp3) is 0.316. The first kappa shape index (κ1) is 15.5. The molecule has 1 aliphatic carbocycles. The van der Waals surface area contributed by atoms with Crippen molar-refractivity contribution in [2.45, 2.75) is 33.6 Å². The molecule has 24 heavy (non-hydrogen) atoms. The monoisotopic (exact) mass is 383 g/mol. The average Bonchev–Trinajstić information content (AvgIpc) is 2.80. The van der Waals surface area contributed by atoms with E-state index >= 15 is 0 Å². The number of hydrogen-bond donors (Lipinski definition) is 0. The first-order chi connectivity index (χ1) is 11.3. The minimum Gasteiger partial charge on any atom is -0.294 e. The van der Waals surface area contributed by atoms with E-state index < -0.39 is 0 Å². The summed E-state index contributed by atoms with van der Waals surface area (Å²) in [7, 11) is 0. The molecule has 2 aromatic heterocycles. The fourth-order valence-electron chi connectivity index (χ4n) is 3.49. The molecule has 1 aromatic carbocycles. The molecule has 0 atom stereocenters. The summed E-state index contributed by atoms with van der Waals surface area (Å²) in [6, 6.07) is 8.15. The largest absolute Gasteiger partial charge is 0.294 e. The van der Waals surface area contributed by atoms with Crippen LogP contribution in [0.15, 0.2) is 34.9 Å². The maximum atomic E-state index is 12.5. The van der Waals surface area contributed by atoms with Crippen molar-refractivity contribution in [1.82, 2.24) is 14.6 Å². The molecule has 4 nitrogen and oxygen atoms in total. The summed E-state index contributed by atoms with van der Waals surface area (Å²) in [4.78, 5) is 17.3. The third-order valence-corrected chi connectivity index (χ3v) is 5.11. The SMILES string of the molecule is Cc1nn2cc3c(nc2c1-c1ccc(Br)cc1)CC(C)(C)CC3=O. The van der Waals surface area contributed by atoms with Crippen LogP contribution in [0.5, 0.6) is 0 Å². The van der Waals surface area contributed by atoms with E-state index in [1.807, 2.05) is 25.3 Å². The normalized spacial score (nSPS) is 16.4. The van der Waals surface area contributed by atoms with Crippen molar-refractivity contribution >= 4 is 27.4 Å². The molecule has 4 rings (SSSR count). The van der Waals surface area contributed by atoms with Crippen LogP contribution in [0.1, 0.15) is 42.0 Å². The summed E-state index contributed by atoms with van der Waals surface area (Å²) >= 11 is 3.47. The number of ketones is 1. The number of carbonyl (C=O) groups is 1. The standard InChI is InChI=1S/C19H18BrN3O/c1-11-17(12-4-6-13(20)7-5-12)18-21-15-8-19(2,3)9-16(24)14(15)10-23(18)22-11/h4-7,10H,8-9H2,1-3H3. The molecule has 3 aromatic rings. The van der Waals surface area contributed by atoms with Crippen LogP contribution in [-0.2, 0) is 6.42 Å².